The molecule has 0 radical (unpaired) electrons. The van der Waals surface area contributed by atoms with Gasteiger partial charge in [0.25, 0.3) is 0 Å². The number of halogens is 3. The Labute approximate surface area is 74.4 Å². The van der Waals surface area contributed by atoms with E-state index in [1.165, 1.54) is 18.2 Å². The van der Waals surface area contributed by atoms with Crippen molar-refractivity contribution in [2.75, 3.05) is 0 Å². The number of hydrogen-bond donors (Lipinski definition) is 0. The molecule has 13 heavy (non-hydrogen) atoms. The second-order valence-corrected chi connectivity index (χ2v) is 3.35. The summed E-state index contributed by atoms with van der Waals surface area (Å²) in [6.45, 7) is 0. The van der Waals surface area contributed by atoms with Crippen LogP contribution in [0.1, 0.15) is 18.4 Å². The molecule has 0 spiro atoms. The van der Waals surface area contributed by atoms with Gasteiger partial charge in [-0.3, -0.25) is 0 Å². The van der Waals surface area contributed by atoms with Crippen LogP contribution in [0.2, 0.25) is 0 Å². The molecule has 0 aliphatic heterocycles. The molecular weight excluding hydrogens is 177 g/mol. The van der Waals surface area contributed by atoms with Crippen LogP contribution in [0.25, 0.3) is 0 Å². The van der Waals surface area contributed by atoms with Gasteiger partial charge in [-0.2, -0.15) is 0 Å². The van der Waals surface area contributed by atoms with Crippen LogP contribution in [0.15, 0.2) is 24.3 Å². The van der Waals surface area contributed by atoms with Crippen molar-refractivity contribution in [3.8, 4) is 0 Å². The van der Waals surface area contributed by atoms with Gasteiger partial charge >= 0.3 is 0 Å². The van der Waals surface area contributed by atoms with Crippen molar-refractivity contribution in [2.45, 2.75) is 24.7 Å². The lowest BCUT2D eigenvalue weighted by atomic mass is 9.75. The molecule has 1 aliphatic carbocycles. The van der Waals surface area contributed by atoms with Gasteiger partial charge in [-0.15, -0.1) is 0 Å². The first-order valence-corrected chi connectivity index (χ1v) is 4.22. The first-order chi connectivity index (χ1) is 6.14. The fourth-order valence-electron chi connectivity index (χ4n) is 1.61. The zero-order chi connectivity index (χ0) is 9.47. The normalized spacial score (nSPS) is 32.7. The summed E-state index contributed by atoms with van der Waals surface area (Å²) in [6, 6.07) is 5.45. The lowest BCUT2D eigenvalue weighted by Crippen LogP contribution is -2.42. The second-order valence-electron chi connectivity index (χ2n) is 3.35. The molecule has 70 valence electrons. The Balaban J connectivity index is 2.40. The third-order valence-corrected chi connectivity index (χ3v) is 2.58. The number of alkyl halides is 2. The van der Waals surface area contributed by atoms with Crippen LogP contribution >= 0.6 is 0 Å². The molecule has 2 atom stereocenters. The van der Waals surface area contributed by atoms with E-state index in [0.29, 0.717) is 0 Å². The molecule has 0 unspecified atom stereocenters. The van der Waals surface area contributed by atoms with Crippen LogP contribution in [0, 0.1) is 5.82 Å². The van der Waals surface area contributed by atoms with Crippen LogP contribution in [0.4, 0.5) is 13.2 Å². The average Bonchev–Trinajstić information content (AvgIpc) is 2.15. The predicted molar refractivity (Wildman–Crippen MR) is 43.3 cm³/mol. The minimum atomic E-state index is -2.08. The zero-order valence-corrected chi connectivity index (χ0v) is 6.93. The molecule has 0 nitrogen and oxygen atoms in total. The van der Waals surface area contributed by atoms with Crippen LogP contribution in [-0.2, 0) is 5.67 Å². The quantitative estimate of drug-likeness (QED) is 0.632. The maximum absolute atomic E-state index is 13.7. The van der Waals surface area contributed by atoms with Crippen LogP contribution in [-0.4, -0.2) is 6.17 Å². The Hall–Kier alpha value is -0.990. The largest absolute Gasteiger partial charge is 0.244 e. The summed E-state index contributed by atoms with van der Waals surface area (Å²) < 4.78 is 39.6. The van der Waals surface area contributed by atoms with E-state index in [9.17, 15) is 13.2 Å². The van der Waals surface area contributed by atoms with Crippen molar-refractivity contribution in [3.63, 3.8) is 0 Å². The van der Waals surface area contributed by atoms with Gasteiger partial charge in [0, 0.05) is 5.56 Å². The van der Waals surface area contributed by atoms with E-state index in [2.05, 4.69) is 0 Å². The lowest BCUT2D eigenvalue weighted by Gasteiger charge is -2.38. The fourth-order valence-corrected chi connectivity index (χ4v) is 1.61. The molecule has 1 aromatic rings. The Morgan fingerprint density at radius 3 is 2.46 bits per heavy atom. The van der Waals surface area contributed by atoms with Crippen LogP contribution in [0.5, 0.6) is 0 Å². The monoisotopic (exact) mass is 186 g/mol. The minimum Gasteiger partial charge on any atom is -0.244 e. The van der Waals surface area contributed by atoms with E-state index < -0.39 is 17.7 Å². The van der Waals surface area contributed by atoms with E-state index in [4.69, 9.17) is 0 Å². The highest BCUT2D eigenvalue weighted by atomic mass is 19.2. The summed E-state index contributed by atoms with van der Waals surface area (Å²) in [5.74, 6) is -0.660. The molecule has 1 fully saturated rings. The highest BCUT2D eigenvalue weighted by molar-refractivity contribution is 5.28. The number of benzene rings is 1. The van der Waals surface area contributed by atoms with Gasteiger partial charge in [0.05, 0.1) is 0 Å². The third kappa shape index (κ3) is 1.14. The Morgan fingerprint density at radius 2 is 2.00 bits per heavy atom. The summed E-state index contributed by atoms with van der Waals surface area (Å²) in [5.41, 5.74) is -2.22. The van der Waals surface area contributed by atoms with E-state index in [1.807, 2.05) is 0 Å². The van der Waals surface area contributed by atoms with Crippen LogP contribution in [0.3, 0.4) is 0 Å². The van der Waals surface area contributed by atoms with Crippen molar-refractivity contribution in [1.82, 2.24) is 0 Å². The van der Waals surface area contributed by atoms with E-state index in [-0.39, 0.29) is 18.4 Å². The molecule has 0 N–H and O–H groups in total. The molecule has 1 aliphatic rings. The number of hydrogen-bond acceptors (Lipinski definition) is 0. The summed E-state index contributed by atoms with van der Waals surface area (Å²) in [7, 11) is 0. The predicted octanol–water partition coefficient (Wildman–Crippen LogP) is 3.12. The number of rotatable bonds is 1. The summed E-state index contributed by atoms with van der Waals surface area (Å²) >= 11 is 0. The van der Waals surface area contributed by atoms with Gasteiger partial charge in [-0.25, -0.2) is 13.2 Å². The lowest BCUT2D eigenvalue weighted by molar-refractivity contribution is -0.0454. The highest BCUT2D eigenvalue weighted by Crippen LogP contribution is 2.47. The summed E-state index contributed by atoms with van der Waals surface area (Å²) in [5, 5.41) is 0. The molecule has 0 bridgehead atoms. The van der Waals surface area contributed by atoms with Crippen molar-refractivity contribution < 1.29 is 13.2 Å². The average molecular weight is 186 g/mol. The second kappa shape index (κ2) is 2.76. The first kappa shape index (κ1) is 8.60. The van der Waals surface area contributed by atoms with Crippen molar-refractivity contribution >= 4 is 0 Å². The summed E-state index contributed by atoms with van der Waals surface area (Å²) in [4.78, 5) is 0. The zero-order valence-electron chi connectivity index (χ0n) is 6.93. The Bertz CT molecular complexity index is 324. The molecule has 0 aromatic heterocycles. The molecular formula is C10H9F3. The minimum absolute atomic E-state index is 0.0785. The van der Waals surface area contributed by atoms with Gasteiger partial charge in [0.1, 0.15) is 12.0 Å². The SMILES string of the molecule is Fc1ccccc1[C@]1(F)CC[C@H]1F. The third-order valence-electron chi connectivity index (χ3n) is 2.58. The van der Waals surface area contributed by atoms with Crippen molar-refractivity contribution in [3.05, 3.63) is 35.6 Å². The van der Waals surface area contributed by atoms with Gasteiger partial charge in [0.15, 0.2) is 5.67 Å². The van der Waals surface area contributed by atoms with Crippen molar-refractivity contribution in [1.29, 1.82) is 0 Å². The molecule has 3 heteroatoms. The smallest absolute Gasteiger partial charge is 0.169 e. The van der Waals surface area contributed by atoms with Crippen molar-refractivity contribution in [2.24, 2.45) is 0 Å². The van der Waals surface area contributed by atoms with E-state index in [1.54, 1.807) is 0 Å². The topological polar surface area (TPSA) is 0 Å². The standard InChI is InChI=1S/C10H9F3/c11-8-4-2-1-3-7(8)10(13)6-5-9(10)12/h1-4,9H,5-6H2/t9-,10-/m1/s1. The Kier molecular flexibility index (Phi) is 1.82. The van der Waals surface area contributed by atoms with E-state index >= 15 is 0 Å². The summed E-state index contributed by atoms with van der Waals surface area (Å²) in [6.07, 6.45) is -1.29. The Morgan fingerprint density at radius 1 is 1.31 bits per heavy atom. The maximum atomic E-state index is 13.7. The van der Waals surface area contributed by atoms with Gasteiger partial charge in [-0.1, -0.05) is 18.2 Å². The molecule has 1 aromatic carbocycles. The molecule has 0 heterocycles. The van der Waals surface area contributed by atoms with Gasteiger partial charge in [-0.05, 0) is 18.9 Å². The fraction of sp³-hybridized carbons (Fsp3) is 0.400. The highest BCUT2D eigenvalue weighted by Gasteiger charge is 2.50. The molecule has 2 rings (SSSR count). The molecule has 0 amide bonds. The first-order valence-electron chi connectivity index (χ1n) is 4.22. The molecule has 1 saturated carbocycles. The molecule has 0 saturated heterocycles. The maximum Gasteiger partial charge on any atom is 0.169 e. The van der Waals surface area contributed by atoms with E-state index in [0.717, 1.165) is 6.07 Å². The van der Waals surface area contributed by atoms with Gasteiger partial charge in [0.2, 0.25) is 0 Å². The van der Waals surface area contributed by atoms with Gasteiger partial charge < -0.3 is 0 Å². The van der Waals surface area contributed by atoms with Crippen LogP contribution < -0.4 is 0 Å².